The molecule has 0 radical (unpaired) electrons. The van der Waals surface area contributed by atoms with Gasteiger partial charge in [-0.15, -0.1) is 0 Å². The Kier molecular flexibility index (Phi) is 6.65. The molecule has 0 spiro atoms. The summed E-state index contributed by atoms with van der Waals surface area (Å²) in [5.41, 5.74) is 4.84. The van der Waals surface area contributed by atoms with Crippen LogP contribution in [0.15, 0.2) is 66.7 Å². The molecule has 7 heteroatoms. The maximum atomic E-state index is 13.0. The number of carbonyl (C=O) groups is 1. The summed E-state index contributed by atoms with van der Waals surface area (Å²) in [5.74, 6) is 2.31. The number of amides is 1. The number of nitrogens with zero attached hydrogens (tertiary/aromatic N) is 3. The van der Waals surface area contributed by atoms with Crippen LogP contribution in [0.5, 0.6) is 11.5 Å². The number of benzene rings is 3. The number of methoxy groups -OCH3 is 1. The lowest BCUT2D eigenvalue weighted by molar-refractivity contribution is -0.117. The van der Waals surface area contributed by atoms with E-state index < -0.39 is 6.10 Å². The number of ether oxygens (including phenoxy) is 2. The minimum absolute atomic E-state index is 0.0579. The molecule has 3 aromatic carbocycles. The van der Waals surface area contributed by atoms with Gasteiger partial charge in [-0.1, -0.05) is 29.8 Å². The first kappa shape index (κ1) is 23.9. The minimum atomic E-state index is -0.739. The van der Waals surface area contributed by atoms with Gasteiger partial charge in [-0.2, -0.15) is 0 Å². The van der Waals surface area contributed by atoms with Gasteiger partial charge in [0.05, 0.1) is 24.7 Å². The highest BCUT2D eigenvalue weighted by atomic mass is 16.5. The Morgan fingerprint density at radius 1 is 1.08 bits per heavy atom. The number of aromatic nitrogens is 2. The van der Waals surface area contributed by atoms with Crippen LogP contribution >= 0.6 is 0 Å². The molecule has 2 heterocycles. The quantitative estimate of drug-likeness (QED) is 0.394. The van der Waals surface area contributed by atoms with Crippen LogP contribution in [0.3, 0.4) is 0 Å². The molecule has 1 saturated heterocycles. The monoisotopic (exact) mass is 485 g/mol. The lowest BCUT2D eigenvalue weighted by Gasteiger charge is -2.19. The number of fused-ring (bicyclic) bond motifs is 1. The average Bonchev–Trinajstić information content (AvgIpc) is 3.44. The van der Waals surface area contributed by atoms with Gasteiger partial charge in [0.25, 0.3) is 0 Å². The predicted molar refractivity (Wildman–Crippen MR) is 140 cm³/mol. The second-order valence-corrected chi connectivity index (χ2v) is 9.41. The molecule has 0 unspecified atom stereocenters. The number of aliphatic hydroxyl groups is 1. The Bertz CT molecular complexity index is 1380. The Labute approximate surface area is 210 Å². The first-order valence-electron chi connectivity index (χ1n) is 12.2. The summed E-state index contributed by atoms with van der Waals surface area (Å²) >= 11 is 0. The normalized spacial score (nSPS) is 16.5. The molecule has 4 aromatic rings. The molecule has 0 aliphatic carbocycles. The highest BCUT2D eigenvalue weighted by molar-refractivity contribution is 5.96. The third kappa shape index (κ3) is 4.79. The number of aryl methyl sites for hydroxylation is 2. The Hall–Kier alpha value is -3.84. The van der Waals surface area contributed by atoms with E-state index >= 15 is 0 Å². The zero-order valence-electron chi connectivity index (χ0n) is 20.8. The van der Waals surface area contributed by atoms with Gasteiger partial charge in [-0.3, -0.25) is 4.79 Å². The van der Waals surface area contributed by atoms with E-state index in [0.29, 0.717) is 19.5 Å². The molecule has 186 valence electrons. The summed E-state index contributed by atoms with van der Waals surface area (Å²) in [7, 11) is 1.62. The van der Waals surface area contributed by atoms with E-state index in [-0.39, 0.29) is 18.4 Å². The number of para-hydroxylation sites is 2. The number of hydrogen-bond acceptors (Lipinski definition) is 5. The van der Waals surface area contributed by atoms with Gasteiger partial charge in [0, 0.05) is 24.6 Å². The third-order valence-corrected chi connectivity index (χ3v) is 6.71. The van der Waals surface area contributed by atoms with Crippen LogP contribution in [0, 0.1) is 13.8 Å². The van der Waals surface area contributed by atoms with Gasteiger partial charge >= 0.3 is 0 Å². The van der Waals surface area contributed by atoms with Crippen LogP contribution in [-0.2, 0) is 11.3 Å². The predicted octanol–water partition coefficient (Wildman–Crippen LogP) is 4.62. The fourth-order valence-corrected chi connectivity index (χ4v) is 4.90. The van der Waals surface area contributed by atoms with Crippen molar-refractivity contribution in [1.29, 1.82) is 0 Å². The van der Waals surface area contributed by atoms with Crippen molar-refractivity contribution in [2.45, 2.75) is 38.8 Å². The number of rotatable bonds is 8. The van der Waals surface area contributed by atoms with E-state index in [4.69, 9.17) is 14.5 Å². The van der Waals surface area contributed by atoms with E-state index in [9.17, 15) is 9.90 Å². The minimum Gasteiger partial charge on any atom is -0.497 e. The molecule has 1 fully saturated rings. The highest BCUT2D eigenvalue weighted by Crippen LogP contribution is 2.34. The van der Waals surface area contributed by atoms with Crippen LogP contribution in [-0.4, -0.2) is 46.9 Å². The smallest absolute Gasteiger partial charge is 0.227 e. The molecule has 2 atom stereocenters. The molecular weight excluding hydrogens is 454 g/mol. The van der Waals surface area contributed by atoms with E-state index in [1.165, 1.54) is 5.56 Å². The average molecular weight is 486 g/mol. The second-order valence-electron chi connectivity index (χ2n) is 9.41. The molecule has 5 rings (SSSR count). The molecule has 1 N–H and O–H groups in total. The van der Waals surface area contributed by atoms with Crippen molar-refractivity contribution in [3.8, 4) is 11.5 Å². The van der Waals surface area contributed by atoms with Gasteiger partial charge in [0.2, 0.25) is 5.91 Å². The standard InChI is InChI=1S/C29H31N3O4/c1-19-8-13-27(20(2)14-19)36-18-23(33)17-32-26-7-5-4-6-25(26)30-29(32)21-15-28(34)31(16-21)22-9-11-24(35-3)12-10-22/h4-14,21,23,33H,15-18H2,1-3H3/t21-,23+/m0/s1. The first-order valence-corrected chi connectivity index (χ1v) is 12.2. The van der Waals surface area contributed by atoms with Crippen LogP contribution in [0.25, 0.3) is 11.0 Å². The highest BCUT2D eigenvalue weighted by Gasteiger charge is 2.35. The maximum absolute atomic E-state index is 13.0. The Balaban J connectivity index is 1.36. The van der Waals surface area contributed by atoms with E-state index in [1.807, 2.05) is 79.1 Å². The van der Waals surface area contributed by atoms with Crippen LogP contribution in [0.1, 0.15) is 29.3 Å². The largest absolute Gasteiger partial charge is 0.497 e. The molecule has 0 bridgehead atoms. The number of hydrogen-bond donors (Lipinski definition) is 1. The van der Waals surface area contributed by atoms with Crippen molar-refractivity contribution in [2.24, 2.45) is 0 Å². The van der Waals surface area contributed by atoms with Crippen LogP contribution < -0.4 is 14.4 Å². The van der Waals surface area contributed by atoms with E-state index in [0.717, 1.165) is 39.6 Å². The van der Waals surface area contributed by atoms with Gasteiger partial charge in [0.1, 0.15) is 30.0 Å². The number of anilines is 1. The summed E-state index contributed by atoms with van der Waals surface area (Å²) < 4.78 is 13.2. The number of aliphatic hydroxyl groups excluding tert-OH is 1. The van der Waals surface area contributed by atoms with Crippen molar-refractivity contribution in [3.05, 3.63) is 83.7 Å². The number of carbonyl (C=O) groups excluding carboxylic acids is 1. The molecule has 7 nitrogen and oxygen atoms in total. The lowest BCUT2D eigenvalue weighted by Crippen LogP contribution is -2.26. The first-order chi connectivity index (χ1) is 17.4. The van der Waals surface area contributed by atoms with Crippen molar-refractivity contribution >= 4 is 22.6 Å². The SMILES string of the molecule is COc1ccc(N2C[C@@H](c3nc4ccccc4n3C[C@@H](O)COc3ccc(C)cc3C)CC2=O)cc1. The van der Waals surface area contributed by atoms with Crippen molar-refractivity contribution < 1.29 is 19.4 Å². The lowest BCUT2D eigenvalue weighted by atomic mass is 10.1. The molecule has 1 aliphatic rings. The van der Waals surface area contributed by atoms with Crippen molar-refractivity contribution in [3.63, 3.8) is 0 Å². The summed E-state index contributed by atoms with van der Waals surface area (Å²) in [6, 6.07) is 21.4. The van der Waals surface area contributed by atoms with Gasteiger partial charge < -0.3 is 24.0 Å². The zero-order chi connectivity index (χ0) is 25.2. The van der Waals surface area contributed by atoms with Crippen LogP contribution in [0.4, 0.5) is 5.69 Å². The number of imidazole rings is 1. The van der Waals surface area contributed by atoms with E-state index in [2.05, 4.69) is 6.07 Å². The Morgan fingerprint density at radius 2 is 1.86 bits per heavy atom. The van der Waals surface area contributed by atoms with Gasteiger partial charge in [-0.25, -0.2) is 4.98 Å². The third-order valence-electron chi connectivity index (χ3n) is 6.71. The zero-order valence-corrected chi connectivity index (χ0v) is 20.8. The van der Waals surface area contributed by atoms with Crippen LogP contribution in [0.2, 0.25) is 0 Å². The summed E-state index contributed by atoms with van der Waals surface area (Å²) in [5, 5.41) is 10.9. The van der Waals surface area contributed by atoms with Crippen molar-refractivity contribution in [2.75, 3.05) is 25.2 Å². The second kappa shape index (κ2) is 10.0. The van der Waals surface area contributed by atoms with Gasteiger partial charge in [0.15, 0.2) is 0 Å². The summed E-state index contributed by atoms with van der Waals surface area (Å²) in [6.45, 7) is 5.07. The van der Waals surface area contributed by atoms with E-state index in [1.54, 1.807) is 12.0 Å². The summed E-state index contributed by atoms with van der Waals surface area (Å²) in [4.78, 5) is 19.7. The Morgan fingerprint density at radius 3 is 2.61 bits per heavy atom. The maximum Gasteiger partial charge on any atom is 0.227 e. The van der Waals surface area contributed by atoms with Crippen molar-refractivity contribution in [1.82, 2.24) is 9.55 Å². The fourth-order valence-electron chi connectivity index (χ4n) is 4.90. The molecule has 36 heavy (non-hydrogen) atoms. The molecular formula is C29H31N3O4. The molecule has 0 saturated carbocycles. The fraction of sp³-hybridized carbons (Fsp3) is 0.310. The topological polar surface area (TPSA) is 76.8 Å². The molecule has 1 amide bonds. The molecule has 1 aliphatic heterocycles. The molecule has 1 aromatic heterocycles. The van der Waals surface area contributed by atoms with Gasteiger partial charge in [-0.05, 0) is 61.9 Å². The summed E-state index contributed by atoms with van der Waals surface area (Å²) in [6.07, 6.45) is -0.373.